The highest BCUT2D eigenvalue weighted by Crippen LogP contribution is 2.42. The van der Waals surface area contributed by atoms with Gasteiger partial charge in [-0.25, -0.2) is 4.39 Å². The molecule has 1 aromatic rings. The number of piperazine rings is 1. The van der Waals surface area contributed by atoms with Gasteiger partial charge in [-0.05, 0) is 36.5 Å². The summed E-state index contributed by atoms with van der Waals surface area (Å²) in [4.78, 5) is 2.46. The zero-order valence-corrected chi connectivity index (χ0v) is 13.6. The Kier molecular flexibility index (Phi) is 7.21. The van der Waals surface area contributed by atoms with Crippen LogP contribution in [0.3, 0.4) is 0 Å². The van der Waals surface area contributed by atoms with Gasteiger partial charge in [0.25, 0.3) is 0 Å². The van der Waals surface area contributed by atoms with Crippen LogP contribution in [-0.2, 0) is 0 Å². The molecule has 0 spiro atoms. The molecule has 1 atom stereocenters. The molecule has 3 nitrogen and oxygen atoms in total. The van der Waals surface area contributed by atoms with Crippen LogP contribution in [0, 0.1) is 11.7 Å². The normalized spacial score (nSPS) is 20.8. The van der Waals surface area contributed by atoms with Crippen LogP contribution in [0.25, 0.3) is 0 Å². The summed E-state index contributed by atoms with van der Waals surface area (Å²) in [7, 11) is 0. The van der Waals surface area contributed by atoms with Crippen molar-refractivity contribution >= 4 is 24.8 Å². The summed E-state index contributed by atoms with van der Waals surface area (Å²) in [5.74, 6) is -0.115. The van der Waals surface area contributed by atoms with Gasteiger partial charge in [0.1, 0.15) is 0 Å². The Balaban J connectivity index is 0.00000110. The third kappa shape index (κ3) is 4.01. The van der Waals surface area contributed by atoms with Crippen LogP contribution < -0.4 is 5.32 Å². The molecule has 6 heteroatoms. The van der Waals surface area contributed by atoms with Gasteiger partial charge in [0.15, 0.2) is 11.6 Å². The molecule has 21 heavy (non-hydrogen) atoms. The fraction of sp³-hybridized carbons (Fsp3) is 0.600. The number of nitrogens with one attached hydrogen (secondary N) is 1. The number of phenolic OH excluding ortho intramolecular Hbond substituents is 1. The molecule has 1 aliphatic heterocycles. The van der Waals surface area contributed by atoms with Crippen LogP contribution in [-0.4, -0.2) is 36.2 Å². The topological polar surface area (TPSA) is 35.5 Å². The Morgan fingerprint density at radius 3 is 2.38 bits per heavy atom. The van der Waals surface area contributed by atoms with E-state index in [2.05, 4.69) is 10.2 Å². The lowest BCUT2D eigenvalue weighted by atomic mass is 9.76. The third-order valence-corrected chi connectivity index (χ3v) is 4.45. The lowest BCUT2D eigenvalue weighted by Gasteiger charge is -2.43. The lowest BCUT2D eigenvalue weighted by molar-refractivity contribution is 0.0834. The maximum absolute atomic E-state index is 13.6. The fourth-order valence-electron chi connectivity index (χ4n) is 3.20. The highest BCUT2D eigenvalue weighted by molar-refractivity contribution is 5.85. The SMILES string of the molecule is Cl.Cl.Oc1ccc([C@@H](C2CCC2)N2CCNCC2)cc1F. The highest BCUT2D eigenvalue weighted by Gasteiger charge is 2.33. The van der Waals surface area contributed by atoms with E-state index >= 15 is 0 Å². The Labute approximate surface area is 137 Å². The Bertz CT molecular complexity index is 451. The Morgan fingerprint density at radius 1 is 1.19 bits per heavy atom. The van der Waals surface area contributed by atoms with Crippen molar-refractivity contribution in [1.29, 1.82) is 0 Å². The standard InChI is InChI=1S/C15H21FN2O.2ClH/c16-13-10-12(4-5-14(13)19)15(11-2-1-3-11)18-8-6-17-7-9-18;;/h4-5,10-11,15,17,19H,1-3,6-9H2;2*1H/t15-;;/m1../s1. The number of nitrogens with zero attached hydrogens (tertiary/aromatic N) is 1. The first kappa shape index (κ1) is 18.5. The quantitative estimate of drug-likeness (QED) is 0.890. The average Bonchev–Trinajstić information content (AvgIpc) is 2.38. The summed E-state index contributed by atoms with van der Waals surface area (Å²) < 4.78 is 13.6. The molecule has 3 rings (SSSR count). The van der Waals surface area contributed by atoms with Crippen molar-refractivity contribution in [1.82, 2.24) is 10.2 Å². The van der Waals surface area contributed by atoms with E-state index in [0.717, 1.165) is 31.7 Å². The summed E-state index contributed by atoms with van der Waals surface area (Å²) in [6, 6.07) is 5.19. The maximum atomic E-state index is 13.6. The summed E-state index contributed by atoms with van der Waals surface area (Å²) in [6.45, 7) is 4.04. The van der Waals surface area contributed by atoms with Crippen molar-refractivity contribution in [3.63, 3.8) is 0 Å². The molecule has 0 radical (unpaired) electrons. The van der Waals surface area contributed by atoms with Gasteiger partial charge in [-0.2, -0.15) is 0 Å². The van der Waals surface area contributed by atoms with Crippen molar-refractivity contribution in [2.24, 2.45) is 5.92 Å². The van der Waals surface area contributed by atoms with Gasteiger partial charge in [0, 0.05) is 32.2 Å². The van der Waals surface area contributed by atoms with Crippen LogP contribution in [0.2, 0.25) is 0 Å². The number of benzene rings is 1. The number of aromatic hydroxyl groups is 1. The molecule has 1 heterocycles. The van der Waals surface area contributed by atoms with Gasteiger partial charge in [0.2, 0.25) is 0 Å². The molecular formula is C15H23Cl2FN2O. The second-order valence-electron chi connectivity index (χ2n) is 5.63. The van der Waals surface area contributed by atoms with Gasteiger partial charge >= 0.3 is 0 Å². The van der Waals surface area contributed by atoms with Crippen molar-refractivity contribution in [2.45, 2.75) is 25.3 Å². The van der Waals surface area contributed by atoms with Crippen LogP contribution >= 0.6 is 24.8 Å². The van der Waals surface area contributed by atoms with Gasteiger partial charge in [0.05, 0.1) is 0 Å². The Hall–Kier alpha value is -0.550. The molecule has 2 fully saturated rings. The molecule has 0 aromatic heterocycles. The number of phenols is 1. The van der Waals surface area contributed by atoms with E-state index in [1.165, 1.54) is 31.4 Å². The molecule has 1 saturated heterocycles. The number of rotatable bonds is 3. The highest BCUT2D eigenvalue weighted by atomic mass is 35.5. The minimum absolute atomic E-state index is 0. The number of hydrogen-bond donors (Lipinski definition) is 2. The average molecular weight is 337 g/mol. The minimum atomic E-state index is -0.503. The van der Waals surface area contributed by atoms with E-state index in [4.69, 9.17) is 0 Å². The molecule has 0 amide bonds. The first-order valence-corrected chi connectivity index (χ1v) is 7.19. The van der Waals surface area contributed by atoms with Gasteiger partial charge in [-0.15, -0.1) is 24.8 Å². The molecule has 2 N–H and O–H groups in total. The molecule has 2 aliphatic rings. The molecule has 1 aliphatic carbocycles. The zero-order valence-electron chi connectivity index (χ0n) is 11.9. The van der Waals surface area contributed by atoms with E-state index in [-0.39, 0.29) is 30.6 Å². The summed E-state index contributed by atoms with van der Waals surface area (Å²) in [5, 5.41) is 12.7. The number of halogens is 3. The fourth-order valence-corrected chi connectivity index (χ4v) is 3.20. The van der Waals surface area contributed by atoms with Crippen LogP contribution in [0.15, 0.2) is 18.2 Å². The van der Waals surface area contributed by atoms with E-state index in [9.17, 15) is 9.50 Å². The minimum Gasteiger partial charge on any atom is -0.505 e. The molecule has 0 bridgehead atoms. The molecule has 1 aromatic carbocycles. The second kappa shape index (κ2) is 8.18. The summed E-state index contributed by atoms with van der Waals surface area (Å²) >= 11 is 0. The van der Waals surface area contributed by atoms with Crippen molar-refractivity contribution in [2.75, 3.05) is 26.2 Å². The van der Waals surface area contributed by atoms with Crippen LogP contribution in [0.5, 0.6) is 5.75 Å². The van der Waals surface area contributed by atoms with Crippen LogP contribution in [0.4, 0.5) is 4.39 Å². The lowest BCUT2D eigenvalue weighted by Crippen LogP contribution is -2.47. The second-order valence-corrected chi connectivity index (χ2v) is 5.63. The van der Waals surface area contributed by atoms with Crippen molar-refractivity contribution in [3.8, 4) is 5.75 Å². The zero-order chi connectivity index (χ0) is 13.2. The van der Waals surface area contributed by atoms with Gasteiger partial charge < -0.3 is 10.4 Å². The smallest absolute Gasteiger partial charge is 0.165 e. The molecule has 120 valence electrons. The van der Waals surface area contributed by atoms with E-state index in [1.807, 2.05) is 6.07 Å². The van der Waals surface area contributed by atoms with Crippen molar-refractivity contribution < 1.29 is 9.50 Å². The molecule has 0 unspecified atom stereocenters. The van der Waals surface area contributed by atoms with Gasteiger partial charge in [-0.1, -0.05) is 12.5 Å². The Morgan fingerprint density at radius 2 is 1.86 bits per heavy atom. The van der Waals surface area contributed by atoms with Crippen molar-refractivity contribution in [3.05, 3.63) is 29.6 Å². The first-order valence-electron chi connectivity index (χ1n) is 7.19. The monoisotopic (exact) mass is 336 g/mol. The van der Waals surface area contributed by atoms with Gasteiger partial charge in [-0.3, -0.25) is 4.90 Å². The molecular weight excluding hydrogens is 314 g/mol. The predicted octanol–water partition coefficient (Wildman–Crippen LogP) is 3.12. The predicted molar refractivity (Wildman–Crippen MR) is 87.1 cm³/mol. The first-order chi connectivity index (χ1) is 9.25. The largest absolute Gasteiger partial charge is 0.505 e. The van der Waals surface area contributed by atoms with Crippen LogP contribution in [0.1, 0.15) is 30.9 Å². The van der Waals surface area contributed by atoms with E-state index < -0.39 is 5.82 Å². The summed E-state index contributed by atoms with van der Waals surface area (Å²) in [5.41, 5.74) is 1.02. The summed E-state index contributed by atoms with van der Waals surface area (Å²) in [6.07, 6.45) is 3.75. The third-order valence-electron chi connectivity index (χ3n) is 4.45. The maximum Gasteiger partial charge on any atom is 0.165 e. The van der Waals surface area contributed by atoms with E-state index in [0.29, 0.717) is 12.0 Å². The molecule has 1 saturated carbocycles. The number of hydrogen-bond acceptors (Lipinski definition) is 3. The van der Waals surface area contributed by atoms with E-state index in [1.54, 1.807) is 0 Å².